The molecule has 13 heavy (non-hydrogen) atoms. The van der Waals surface area contributed by atoms with E-state index in [-0.39, 0.29) is 0 Å². The number of hydrogen-bond acceptors (Lipinski definition) is 2. The molecule has 0 spiro atoms. The van der Waals surface area contributed by atoms with Gasteiger partial charge in [0.2, 0.25) is 11.6 Å². The molecule has 0 aliphatic carbocycles. The second-order valence-electron chi connectivity index (χ2n) is 2.29. The van der Waals surface area contributed by atoms with Gasteiger partial charge < -0.3 is 0 Å². The molecule has 0 fully saturated rings. The summed E-state index contributed by atoms with van der Waals surface area (Å²) in [7, 11) is 0. The van der Waals surface area contributed by atoms with Gasteiger partial charge in [0, 0.05) is 0 Å². The van der Waals surface area contributed by atoms with E-state index in [1.807, 2.05) is 0 Å². The molecular weight excluding hydrogens is 199 g/mol. The number of carbonyl (C=O) groups excluding carboxylic acids is 2. The normalized spacial score (nSPS) is 14.4. The minimum atomic E-state index is -5.25. The summed E-state index contributed by atoms with van der Waals surface area (Å²) in [5, 5.41) is 0. The molecule has 0 aromatic carbocycles. The zero-order valence-electron chi connectivity index (χ0n) is 6.36. The molecule has 7 heteroatoms. The molecular formula is C6H5F5O2. The van der Waals surface area contributed by atoms with Crippen molar-refractivity contribution in [2.75, 3.05) is 0 Å². The van der Waals surface area contributed by atoms with Gasteiger partial charge in [0.15, 0.2) is 0 Å². The fourth-order valence-corrected chi connectivity index (χ4v) is 0.564. The first kappa shape index (κ1) is 12.0. The quantitative estimate of drug-likeness (QED) is 0.516. The third kappa shape index (κ3) is 3.08. The van der Waals surface area contributed by atoms with Crippen LogP contribution in [0.2, 0.25) is 0 Å². The molecule has 0 N–H and O–H groups in total. The molecule has 0 amide bonds. The molecule has 1 unspecified atom stereocenters. The molecule has 0 saturated carbocycles. The Morgan fingerprint density at radius 3 is 1.77 bits per heavy atom. The first-order valence-corrected chi connectivity index (χ1v) is 3.11. The molecule has 0 aliphatic heterocycles. The van der Waals surface area contributed by atoms with Gasteiger partial charge in [-0.05, 0) is 6.92 Å². The van der Waals surface area contributed by atoms with Crippen molar-refractivity contribution in [3.8, 4) is 0 Å². The second-order valence-corrected chi connectivity index (χ2v) is 2.29. The van der Waals surface area contributed by atoms with E-state index in [1.165, 1.54) is 0 Å². The smallest absolute Gasteiger partial charge is 0.292 e. The van der Waals surface area contributed by atoms with E-state index in [0.29, 0.717) is 6.92 Å². The summed E-state index contributed by atoms with van der Waals surface area (Å²) in [5.41, 5.74) is 0. The van der Waals surface area contributed by atoms with Crippen LogP contribution in [0.1, 0.15) is 6.92 Å². The Kier molecular flexibility index (Phi) is 3.50. The summed E-state index contributed by atoms with van der Waals surface area (Å²) in [4.78, 5) is 20.5. The summed E-state index contributed by atoms with van der Waals surface area (Å²) in [5.74, 6) is -6.79. The monoisotopic (exact) mass is 204 g/mol. The van der Waals surface area contributed by atoms with Gasteiger partial charge in [-0.25, -0.2) is 8.78 Å². The highest BCUT2D eigenvalue weighted by Gasteiger charge is 2.45. The Balaban J connectivity index is 4.54. The Labute approximate surface area is 69.7 Å². The second kappa shape index (κ2) is 3.80. The lowest BCUT2D eigenvalue weighted by atomic mass is 10.0. The maximum absolute atomic E-state index is 11.6. The molecule has 0 aromatic rings. The van der Waals surface area contributed by atoms with Gasteiger partial charge in [0.05, 0.1) is 5.92 Å². The lowest BCUT2D eigenvalue weighted by molar-refractivity contribution is -0.177. The first-order chi connectivity index (χ1) is 5.68. The van der Waals surface area contributed by atoms with Crippen LogP contribution in [0.25, 0.3) is 0 Å². The van der Waals surface area contributed by atoms with Crippen molar-refractivity contribution >= 4 is 11.6 Å². The summed E-state index contributed by atoms with van der Waals surface area (Å²) in [6.07, 6.45) is -8.80. The number of halogens is 5. The molecule has 1 atom stereocenters. The maximum Gasteiger partial charge on any atom is 0.450 e. The zero-order chi connectivity index (χ0) is 10.8. The van der Waals surface area contributed by atoms with Crippen molar-refractivity contribution in [2.45, 2.75) is 19.5 Å². The van der Waals surface area contributed by atoms with E-state index in [9.17, 15) is 31.5 Å². The minimum Gasteiger partial charge on any atom is -0.292 e. The van der Waals surface area contributed by atoms with Crippen LogP contribution in [0.4, 0.5) is 22.0 Å². The first-order valence-electron chi connectivity index (χ1n) is 3.11. The van der Waals surface area contributed by atoms with Gasteiger partial charge in [-0.2, -0.15) is 13.2 Å². The van der Waals surface area contributed by atoms with Gasteiger partial charge in [-0.3, -0.25) is 9.59 Å². The van der Waals surface area contributed by atoms with E-state index in [1.54, 1.807) is 0 Å². The van der Waals surface area contributed by atoms with Crippen LogP contribution in [0, 0.1) is 5.92 Å². The highest BCUT2D eigenvalue weighted by molar-refractivity contribution is 6.05. The highest BCUT2D eigenvalue weighted by Crippen LogP contribution is 2.22. The SMILES string of the molecule is CC(C(=O)C(F)F)C(=O)C(F)(F)F. The molecule has 0 saturated heterocycles. The molecule has 0 heterocycles. The Morgan fingerprint density at radius 1 is 1.15 bits per heavy atom. The fourth-order valence-electron chi connectivity index (χ4n) is 0.564. The van der Waals surface area contributed by atoms with Crippen LogP contribution in [0.3, 0.4) is 0 Å². The summed E-state index contributed by atoms with van der Waals surface area (Å²) in [6, 6.07) is 0. The van der Waals surface area contributed by atoms with Crippen molar-refractivity contribution in [3.63, 3.8) is 0 Å². The largest absolute Gasteiger partial charge is 0.450 e. The van der Waals surface area contributed by atoms with Crippen LogP contribution in [-0.2, 0) is 9.59 Å². The molecule has 2 nitrogen and oxygen atoms in total. The van der Waals surface area contributed by atoms with Gasteiger partial charge in [0.1, 0.15) is 0 Å². The van der Waals surface area contributed by atoms with Gasteiger partial charge >= 0.3 is 6.18 Å². The Bertz CT molecular complexity index is 220. The van der Waals surface area contributed by atoms with E-state index >= 15 is 0 Å². The molecule has 0 bridgehead atoms. The van der Waals surface area contributed by atoms with Crippen molar-refractivity contribution in [1.29, 1.82) is 0 Å². The van der Waals surface area contributed by atoms with Crippen molar-refractivity contribution in [3.05, 3.63) is 0 Å². The molecule has 0 aromatic heterocycles. The lowest BCUT2D eigenvalue weighted by Crippen LogP contribution is -2.36. The summed E-state index contributed by atoms with van der Waals surface area (Å²) in [6.45, 7) is 0.504. The fraction of sp³-hybridized carbons (Fsp3) is 0.667. The Hall–Kier alpha value is -1.01. The lowest BCUT2D eigenvalue weighted by Gasteiger charge is -2.10. The standard InChI is InChI=1S/C6H5F5O2/c1-2(3(12)5(7)8)4(13)6(9,10)11/h2,5H,1H3. The van der Waals surface area contributed by atoms with Crippen LogP contribution < -0.4 is 0 Å². The summed E-state index contributed by atoms with van der Waals surface area (Å²) < 4.78 is 57.8. The van der Waals surface area contributed by atoms with E-state index < -0.39 is 30.1 Å². The zero-order valence-corrected chi connectivity index (χ0v) is 6.36. The maximum atomic E-state index is 11.6. The van der Waals surface area contributed by atoms with Gasteiger partial charge in [0.25, 0.3) is 6.43 Å². The van der Waals surface area contributed by atoms with Gasteiger partial charge in [-0.1, -0.05) is 0 Å². The minimum absolute atomic E-state index is 0.504. The topological polar surface area (TPSA) is 34.1 Å². The number of carbonyl (C=O) groups is 2. The number of hydrogen-bond donors (Lipinski definition) is 0. The van der Waals surface area contributed by atoms with Crippen molar-refractivity contribution in [2.24, 2.45) is 5.92 Å². The predicted molar refractivity (Wildman–Crippen MR) is 31.2 cm³/mol. The number of rotatable bonds is 3. The van der Waals surface area contributed by atoms with E-state index in [4.69, 9.17) is 0 Å². The molecule has 0 aliphatic rings. The van der Waals surface area contributed by atoms with Crippen LogP contribution in [0.5, 0.6) is 0 Å². The predicted octanol–water partition coefficient (Wildman–Crippen LogP) is 1.59. The third-order valence-electron chi connectivity index (χ3n) is 1.31. The van der Waals surface area contributed by atoms with Crippen LogP contribution in [0.15, 0.2) is 0 Å². The number of alkyl halides is 5. The van der Waals surface area contributed by atoms with Crippen LogP contribution >= 0.6 is 0 Å². The average Bonchev–Trinajstić information content (AvgIpc) is 1.98. The van der Waals surface area contributed by atoms with E-state index in [0.717, 1.165) is 0 Å². The van der Waals surface area contributed by atoms with Gasteiger partial charge in [-0.15, -0.1) is 0 Å². The molecule has 0 rings (SSSR count). The van der Waals surface area contributed by atoms with Crippen molar-refractivity contribution < 1.29 is 31.5 Å². The third-order valence-corrected chi connectivity index (χ3v) is 1.31. The van der Waals surface area contributed by atoms with Crippen LogP contribution in [-0.4, -0.2) is 24.2 Å². The number of Topliss-reactive ketones (excluding diaryl/α,β-unsaturated/α-hetero) is 2. The molecule has 0 radical (unpaired) electrons. The summed E-state index contributed by atoms with van der Waals surface area (Å²) >= 11 is 0. The average molecular weight is 204 g/mol. The highest BCUT2D eigenvalue weighted by atomic mass is 19.4. The Morgan fingerprint density at radius 2 is 1.54 bits per heavy atom. The van der Waals surface area contributed by atoms with Crippen molar-refractivity contribution in [1.82, 2.24) is 0 Å². The molecule has 76 valence electrons. The van der Waals surface area contributed by atoms with E-state index in [2.05, 4.69) is 0 Å². The number of ketones is 2.